The quantitative estimate of drug-likeness (QED) is 0.733. The zero-order valence-corrected chi connectivity index (χ0v) is 17.9. The summed E-state index contributed by atoms with van der Waals surface area (Å²) < 4.78 is 13.2. The monoisotopic (exact) mass is 414 g/mol. The van der Waals surface area contributed by atoms with E-state index in [1.54, 1.807) is 12.1 Å². The van der Waals surface area contributed by atoms with Crippen LogP contribution in [0.3, 0.4) is 0 Å². The van der Waals surface area contributed by atoms with Gasteiger partial charge in [-0.05, 0) is 51.2 Å². The summed E-state index contributed by atoms with van der Waals surface area (Å²) in [5, 5.41) is 3.36. The SMILES string of the molecule is CN(C)C1(CNc2c(N3CCN(c4ccc(F)cc4)CC3)c(=O)c2=O)CCCCC1. The summed E-state index contributed by atoms with van der Waals surface area (Å²) in [6.07, 6.45) is 5.87. The topological polar surface area (TPSA) is 55.9 Å². The summed E-state index contributed by atoms with van der Waals surface area (Å²) in [5.41, 5.74) is 1.28. The number of halogens is 1. The Kier molecular flexibility index (Phi) is 5.82. The molecule has 0 spiro atoms. The zero-order valence-electron chi connectivity index (χ0n) is 17.9. The number of likely N-dealkylation sites (N-methyl/N-ethyl adjacent to an activating group) is 1. The number of rotatable bonds is 6. The first kappa shape index (κ1) is 20.8. The Morgan fingerprint density at radius 3 is 2.13 bits per heavy atom. The molecule has 0 amide bonds. The van der Waals surface area contributed by atoms with E-state index in [2.05, 4.69) is 29.2 Å². The van der Waals surface area contributed by atoms with Crippen molar-refractivity contribution < 1.29 is 4.39 Å². The average molecular weight is 415 g/mol. The van der Waals surface area contributed by atoms with E-state index in [0.717, 1.165) is 31.6 Å². The zero-order chi connectivity index (χ0) is 21.3. The van der Waals surface area contributed by atoms with Crippen molar-refractivity contribution in [3.63, 3.8) is 0 Å². The van der Waals surface area contributed by atoms with Gasteiger partial charge in [0.15, 0.2) is 0 Å². The molecule has 162 valence electrons. The van der Waals surface area contributed by atoms with Gasteiger partial charge in [0.05, 0.1) is 0 Å². The van der Waals surface area contributed by atoms with Crippen molar-refractivity contribution in [2.75, 3.05) is 61.9 Å². The lowest BCUT2D eigenvalue weighted by Crippen LogP contribution is -2.54. The van der Waals surface area contributed by atoms with Gasteiger partial charge in [0.1, 0.15) is 17.2 Å². The molecule has 1 aliphatic heterocycles. The maximum absolute atomic E-state index is 13.2. The fraction of sp³-hybridized carbons (Fsp3) is 0.565. The van der Waals surface area contributed by atoms with Gasteiger partial charge in [-0.1, -0.05) is 19.3 Å². The van der Waals surface area contributed by atoms with Gasteiger partial charge in [0.2, 0.25) is 0 Å². The number of nitrogens with zero attached hydrogens (tertiary/aromatic N) is 3. The summed E-state index contributed by atoms with van der Waals surface area (Å²) in [6.45, 7) is 3.47. The fourth-order valence-corrected chi connectivity index (χ4v) is 4.93. The van der Waals surface area contributed by atoms with Crippen molar-refractivity contribution in [1.29, 1.82) is 0 Å². The normalized spacial score (nSPS) is 19.5. The molecule has 1 aliphatic carbocycles. The summed E-state index contributed by atoms with van der Waals surface area (Å²) >= 11 is 0. The van der Waals surface area contributed by atoms with Crippen LogP contribution in [-0.4, -0.2) is 57.3 Å². The lowest BCUT2D eigenvalue weighted by Gasteiger charge is -2.44. The number of nitrogens with one attached hydrogen (secondary N) is 1. The van der Waals surface area contributed by atoms with Crippen LogP contribution in [-0.2, 0) is 0 Å². The van der Waals surface area contributed by atoms with Crippen molar-refractivity contribution in [2.24, 2.45) is 0 Å². The summed E-state index contributed by atoms with van der Waals surface area (Å²) in [6, 6.07) is 6.48. The van der Waals surface area contributed by atoms with Crippen molar-refractivity contribution in [3.05, 3.63) is 50.5 Å². The van der Waals surface area contributed by atoms with E-state index in [0.29, 0.717) is 31.0 Å². The van der Waals surface area contributed by atoms with Gasteiger partial charge in [0, 0.05) is 44.0 Å². The number of anilines is 3. The van der Waals surface area contributed by atoms with Crippen molar-refractivity contribution in [1.82, 2.24) is 4.90 Å². The standard InChI is InChI=1S/C23H31FN4O2/c1-26(2)23(10-4-3-5-11-23)16-25-19-20(22(30)21(19)29)28-14-12-27(13-15-28)18-8-6-17(24)7-9-18/h6-9,25H,3-5,10-16H2,1-2H3. The molecule has 0 aromatic heterocycles. The van der Waals surface area contributed by atoms with Crippen LogP contribution in [0.25, 0.3) is 0 Å². The molecule has 2 fully saturated rings. The van der Waals surface area contributed by atoms with Gasteiger partial charge in [-0.15, -0.1) is 0 Å². The smallest absolute Gasteiger partial charge is 0.253 e. The second-order valence-electron chi connectivity index (χ2n) is 8.87. The van der Waals surface area contributed by atoms with Gasteiger partial charge in [-0.3, -0.25) is 9.59 Å². The van der Waals surface area contributed by atoms with Crippen molar-refractivity contribution in [3.8, 4) is 0 Å². The molecule has 2 aromatic rings. The summed E-state index contributed by atoms with van der Waals surface area (Å²) in [5.74, 6) is -0.245. The lowest BCUT2D eigenvalue weighted by atomic mass is 9.80. The number of hydrogen-bond acceptors (Lipinski definition) is 6. The maximum atomic E-state index is 13.2. The Balaban J connectivity index is 1.43. The Morgan fingerprint density at radius 1 is 0.933 bits per heavy atom. The van der Waals surface area contributed by atoms with E-state index in [1.807, 2.05) is 4.90 Å². The van der Waals surface area contributed by atoms with Gasteiger partial charge >= 0.3 is 0 Å². The third-order valence-corrected chi connectivity index (χ3v) is 7.00. The molecule has 0 unspecified atom stereocenters. The van der Waals surface area contributed by atoms with Crippen LogP contribution in [0, 0.1) is 5.82 Å². The molecule has 2 aromatic carbocycles. The molecule has 1 N–H and O–H groups in total. The summed E-state index contributed by atoms with van der Waals surface area (Å²) in [4.78, 5) is 31.2. The molecule has 1 saturated heterocycles. The first-order chi connectivity index (χ1) is 14.4. The van der Waals surface area contributed by atoms with Crippen LogP contribution in [0.5, 0.6) is 0 Å². The van der Waals surface area contributed by atoms with Crippen molar-refractivity contribution >= 4 is 17.1 Å². The van der Waals surface area contributed by atoms with Gasteiger partial charge in [-0.2, -0.15) is 0 Å². The minimum Gasteiger partial charge on any atom is -0.378 e. The van der Waals surface area contributed by atoms with Gasteiger partial charge < -0.3 is 20.0 Å². The lowest BCUT2D eigenvalue weighted by molar-refractivity contribution is 0.113. The number of hydrogen-bond donors (Lipinski definition) is 1. The molecule has 0 atom stereocenters. The molecular weight excluding hydrogens is 383 g/mol. The van der Waals surface area contributed by atoms with E-state index >= 15 is 0 Å². The Hall–Kier alpha value is -2.41. The highest BCUT2D eigenvalue weighted by molar-refractivity contribution is 5.75. The Morgan fingerprint density at radius 2 is 1.53 bits per heavy atom. The van der Waals surface area contributed by atoms with Crippen LogP contribution in [0.2, 0.25) is 0 Å². The molecule has 2 aliphatic rings. The highest BCUT2D eigenvalue weighted by Gasteiger charge is 2.36. The van der Waals surface area contributed by atoms with E-state index in [9.17, 15) is 14.0 Å². The molecule has 1 heterocycles. The molecule has 7 heteroatoms. The minimum atomic E-state index is -0.393. The molecule has 1 saturated carbocycles. The molecule has 0 radical (unpaired) electrons. The highest BCUT2D eigenvalue weighted by Crippen LogP contribution is 2.33. The van der Waals surface area contributed by atoms with Crippen LogP contribution in [0.4, 0.5) is 21.5 Å². The number of piperazine rings is 1. The van der Waals surface area contributed by atoms with Crippen LogP contribution >= 0.6 is 0 Å². The predicted octanol–water partition coefficient (Wildman–Crippen LogP) is 2.42. The first-order valence-electron chi connectivity index (χ1n) is 10.9. The second kappa shape index (κ2) is 8.38. The van der Waals surface area contributed by atoms with Gasteiger partial charge in [0.25, 0.3) is 10.9 Å². The third kappa shape index (κ3) is 3.83. The van der Waals surface area contributed by atoms with E-state index in [4.69, 9.17) is 0 Å². The predicted molar refractivity (Wildman–Crippen MR) is 120 cm³/mol. The fourth-order valence-electron chi connectivity index (χ4n) is 4.93. The first-order valence-corrected chi connectivity index (χ1v) is 10.9. The molecule has 4 rings (SSSR count). The van der Waals surface area contributed by atoms with Gasteiger partial charge in [-0.25, -0.2) is 4.39 Å². The Bertz CT molecular complexity index is 935. The number of benzene rings is 1. The van der Waals surface area contributed by atoms with E-state index in [1.165, 1.54) is 31.4 Å². The minimum absolute atomic E-state index is 0.0383. The highest BCUT2D eigenvalue weighted by atomic mass is 19.1. The molecule has 0 bridgehead atoms. The van der Waals surface area contributed by atoms with Crippen LogP contribution in [0.15, 0.2) is 33.9 Å². The van der Waals surface area contributed by atoms with Crippen LogP contribution in [0.1, 0.15) is 32.1 Å². The molecule has 6 nitrogen and oxygen atoms in total. The van der Waals surface area contributed by atoms with E-state index < -0.39 is 5.43 Å². The van der Waals surface area contributed by atoms with Crippen LogP contribution < -0.4 is 26.0 Å². The summed E-state index contributed by atoms with van der Waals surface area (Å²) in [7, 11) is 4.20. The molecule has 30 heavy (non-hydrogen) atoms. The van der Waals surface area contributed by atoms with E-state index in [-0.39, 0.29) is 16.8 Å². The Labute approximate surface area is 177 Å². The average Bonchev–Trinajstić information content (AvgIpc) is 2.77. The van der Waals surface area contributed by atoms with Crippen molar-refractivity contribution in [2.45, 2.75) is 37.6 Å². The second-order valence-corrected chi connectivity index (χ2v) is 8.87. The largest absolute Gasteiger partial charge is 0.378 e. The maximum Gasteiger partial charge on any atom is 0.253 e. The molecular formula is C23H31FN4O2. The third-order valence-electron chi connectivity index (χ3n) is 7.00.